The summed E-state index contributed by atoms with van der Waals surface area (Å²) < 4.78 is 18.0. The highest BCUT2D eigenvalue weighted by atomic mass is 19.1. The Morgan fingerprint density at radius 2 is 1.96 bits per heavy atom. The quantitative estimate of drug-likeness (QED) is 0.450. The molecule has 5 N–H and O–H groups in total. The van der Waals surface area contributed by atoms with E-state index in [9.17, 15) is 9.18 Å². The molecule has 1 unspecified atom stereocenters. The van der Waals surface area contributed by atoms with Crippen LogP contribution < -0.4 is 16.4 Å². The normalized spacial score (nSPS) is 11.7. The van der Waals surface area contributed by atoms with Crippen LogP contribution in [0.4, 0.5) is 28.1 Å². The molecule has 0 fully saturated rings. The fourth-order valence-electron chi connectivity index (χ4n) is 2.35. The first-order chi connectivity index (χ1) is 13.4. The van der Waals surface area contributed by atoms with Crippen LogP contribution in [0.2, 0.25) is 0 Å². The minimum absolute atomic E-state index is 0.00698. The number of H-pyrrole nitrogens is 1. The van der Waals surface area contributed by atoms with Gasteiger partial charge in [0.2, 0.25) is 17.8 Å². The zero-order chi connectivity index (χ0) is 20.1. The van der Waals surface area contributed by atoms with Crippen LogP contribution >= 0.6 is 0 Å². The lowest BCUT2D eigenvalue weighted by atomic mass is 10.1. The number of ether oxygens (including phenoxy) is 1. The van der Waals surface area contributed by atoms with E-state index in [4.69, 9.17) is 10.5 Å². The molecule has 0 radical (unpaired) electrons. The van der Waals surface area contributed by atoms with Gasteiger partial charge in [-0.1, -0.05) is 12.1 Å². The molecule has 0 amide bonds. The SMILES string of the molecule is CCOC(=O)c1cc(Nc2nc(N)nc(NC(C)c3ccc(F)cc3)n2)n[nH]1. The van der Waals surface area contributed by atoms with E-state index in [1.165, 1.54) is 18.2 Å². The van der Waals surface area contributed by atoms with Gasteiger partial charge in [0.15, 0.2) is 5.82 Å². The first-order valence-electron chi connectivity index (χ1n) is 8.47. The lowest BCUT2D eigenvalue weighted by Gasteiger charge is -2.14. The molecule has 3 rings (SSSR count). The first kappa shape index (κ1) is 19.0. The average molecular weight is 386 g/mol. The van der Waals surface area contributed by atoms with E-state index in [0.717, 1.165) is 5.56 Å². The van der Waals surface area contributed by atoms with Gasteiger partial charge >= 0.3 is 5.97 Å². The Morgan fingerprint density at radius 3 is 2.68 bits per heavy atom. The maximum atomic E-state index is 13.1. The van der Waals surface area contributed by atoms with Crippen LogP contribution in [0.15, 0.2) is 30.3 Å². The van der Waals surface area contributed by atoms with Crippen molar-refractivity contribution < 1.29 is 13.9 Å². The number of carbonyl (C=O) groups excluding carboxylic acids is 1. The maximum Gasteiger partial charge on any atom is 0.356 e. The van der Waals surface area contributed by atoms with E-state index < -0.39 is 5.97 Å². The van der Waals surface area contributed by atoms with Crippen LogP contribution in [0.5, 0.6) is 0 Å². The third-order valence-corrected chi connectivity index (χ3v) is 3.68. The minimum atomic E-state index is -0.520. The number of anilines is 4. The summed E-state index contributed by atoms with van der Waals surface area (Å²) in [5, 5.41) is 12.4. The van der Waals surface area contributed by atoms with Gasteiger partial charge in [0, 0.05) is 6.07 Å². The van der Waals surface area contributed by atoms with E-state index >= 15 is 0 Å². The van der Waals surface area contributed by atoms with Crippen molar-refractivity contribution in [3.8, 4) is 0 Å². The number of aromatic amines is 1. The smallest absolute Gasteiger partial charge is 0.356 e. The highest BCUT2D eigenvalue weighted by Crippen LogP contribution is 2.19. The van der Waals surface area contributed by atoms with E-state index in [2.05, 4.69) is 35.8 Å². The number of hydrogen-bond acceptors (Lipinski definition) is 9. The molecule has 0 aliphatic rings. The molecule has 3 aromatic rings. The molecule has 11 heteroatoms. The number of esters is 1. The zero-order valence-corrected chi connectivity index (χ0v) is 15.2. The van der Waals surface area contributed by atoms with Crippen molar-refractivity contribution in [2.24, 2.45) is 0 Å². The van der Waals surface area contributed by atoms with Gasteiger partial charge in [-0.25, -0.2) is 9.18 Å². The van der Waals surface area contributed by atoms with Crippen LogP contribution in [0.3, 0.4) is 0 Å². The number of carbonyl (C=O) groups is 1. The monoisotopic (exact) mass is 386 g/mol. The highest BCUT2D eigenvalue weighted by Gasteiger charge is 2.13. The molecule has 0 bridgehead atoms. The number of nitrogens with two attached hydrogens (primary N) is 1. The van der Waals surface area contributed by atoms with Crippen LogP contribution in [0, 0.1) is 5.82 Å². The Morgan fingerprint density at radius 1 is 1.25 bits per heavy atom. The van der Waals surface area contributed by atoms with Gasteiger partial charge in [0.05, 0.1) is 12.6 Å². The van der Waals surface area contributed by atoms with Gasteiger partial charge in [-0.05, 0) is 31.5 Å². The van der Waals surface area contributed by atoms with Gasteiger partial charge in [-0.2, -0.15) is 20.1 Å². The lowest BCUT2D eigenvalue weighted by molar-refractivity contribution is 0.0519. The number of nitrogens with zero attached hydrogens (tertiary/aromatic N) is 4. The molecular weight excluding hydrogens is 367 g/mol. The molecule has 0 aliphatic heterocycles. The van der Waals surface area contributed by atoms with Crippen LogP contribution in [-0.2, 0) is 4.74 Å². The fraction of sp³-hybridized carbons (Fsp3) is 0.235. The Kier molecular flexibility index (Phi) is 5.63. The summed E-state index contributed by atoms with van der Waals surface area (Å²) in [4.78, 5) is 24.0. The Labute approximate surface area is 159 Å². The summed E-state index contributed by atoms with van der Waals surface area (Å²) in [5.41, 5.74) is 6.78. The fourth-order valence-corrected chi connectivity index (χ4v) is 2.35. The largest absolute Gasteiger partial charge is 0.461 e. The van der Waals surface area contributed by atoms with Crippen LogP contribution in [0.1, 0.15) is 35.9 Å². The van der Waals surface area contributed by atoms with E-state index in [-0.39, 0.29) is 42.0 Å². The topological polar surface area (TPSA) is 144 Å². The van der Waals surface area contributed by atoms with Crippen molar-refractivity contribution in [3.05, 3.63) is 47.4 Å². The predicted octanol–water partition coefficient (Wildman–Crippen LogP) is 2.41. The number of nitrogens with one attached hydrogen (secondary N) is 3. The van der Waals surface area contributed by atoms with Crippen molar-refractivity contribution in [2.45, 2.75) is 19.9 Å². The van der Waals surface area contributed by atoms with Crippen molar-refractivity contribution >= 4 is 29.6 Å². The molecule has 146 valence electrons. The summed E-state index contributed by atoms with van der Waals surface area (Å²) in [6.07, 6.45) is 0. The third kappa shape index (κ3) is 4.69. The van der Waals surface area contributed by atoms with Crippen molar-refractivity contribution in [3.63, 3.8) is 0 Å². The summed E-state index contributed by atoms with van der Waals surface area (Å²) in [7, 11) is 0. The second kappa shape index (κ2) is 8.29. The van der Waals surface area contributed by atoms with Crippen molar-refractivity contribution in [1.29, 1.82) is 0 Å². The van der Waals surface area contributed by atoms with Crippen molar-refractivity contribution in [1.82, 2.24) is 25.1 Å². The molecular formula is C17H19FN8O2. The number of halogens is 1. The Hall–Kier alpha value is -3.76. The van der Waals surface area contributed by atoms with E-state index in [1.807, 2.05) is 6.92 Å². The number of hydrogen-bond donors (Lipinski definition) is 4. The molecule has 28 heavy (non-hydrogen) atoms. The Balaban J connectivity index is 1.72. The second-order valence-corrected chi connectivity index (χ2v) is 5.77. The summed E-state index contributed by atoms with van der Waals surface area (Å²) >= 11 is 0. The molecule has 0 aliphatic carbocycles. The third-order valence-electron chi connectivity index (χ3n) is 3.68. The predicted molar refractivity (Wildman–Crippen MR) is 101 cm³/mol. The van der Waals surface area contributed by atoms with Gasteiger partial charge in [-0.15, -0.1) is 0 Å². The van der Waals surface area contributed by atoms with Crippen LogP contribution in [-0.4, -0.2) is 37.7 Å². The first-order valence-corrected chi connectivity index (χ1v) is 8.47. The molecule has 0 saturated carbocycles. The zero-order valence-electron chi connectivity index (χ0n) is 15.2. The molecule has 0 spiro atoms. The second-order valence-electron chi connectivity index (χ2n) is 5.77. The lowest BCUT2D eigenvalue weighted by Crippen LogP contribution is -2.12. The molecule has 0 saturated heterocycles. The average Bonchev–Trinajstić information content (AvgIpc) is 3.10. The molecule has 10 nitrogen and oxygen atoms in total. The summed E-state index contributed by atoms with van der Waals surface area (Å²) in [6.45, 7) is 3.84. The number of nitrogen functional groups attached to an aromatic ring is 1. The minimum Gasteiger partial charge on any atom is -0.461 e. The number of rotatable bonds is 7. The standard InChI is InChI=1S/C17H19FN8O2/c1-3-28-14(27)12-8-13(26-25-12)21-17-23-15(19)22-16(24-17)20-9(2)10-4-6-11(18)7-5-10/h4-9H,3H2,1-2H3,(H5,19,20,21,22,23,24,25,26). The Bertz CT molecular complexity index is 960. The molecule has 2 aromatic heterocycles. The molecule has 1 atom stereocenters. The van der Waals surface area contributed by atoms with Gasteiger partial charge in [-0.3, -0.25) is 5.10 Å². The van der Waals surface area contributed by atoms with Crippen molar-refractivity contribution in [2.75, 3.05) is 23.0 Å². The molecule has 1 aromatic carbocycles. The highest BCUT2D eigenvalue weighted by molar-refractivity contribution is 5.88. The van der Waals surface area contributed by atoms with E-state index in [1.54, 1.807) is 19.1 Å². The van der Waals surface area contributed by atoms with Gasteiger partial charge in [0.1, 0.15) is 11.5 Å². The molecule has 2 heterocycles. The summed E-state index contributed by atoms with van der Waals surface area (Å²) in [5.74, 6) is -0.156. The number of benzene rings is 1. The van der Waals surface area contributed by atoms with Crippen LogP contribution in [0.25, 0.3) is 0 Å². The van der Waals surface area contributed by atoms with Gasteiger partial charge < -0.3 is 21.1 Å². The maximum absolute atomic E-state index is 13.1. The summed E-state index contributed by atoms with van der Waals surface area (Å²) in [6, 6.07) is 7.35. The number of aromatic nitrogens is 5. The van der Waals surface area contributed by atoms with E-state index in [0.29, 0.717) is 5.82 Å². The van der Waals surface area contributed by atoms with Gasteiger partial charge in [0.25, 0.3) is 0 Å².